The molecule has 3 nitrogen and oxygen atoms in total. The standard InChI is InChI=1S/C16H13F3N2O/c1-9-8-11(14-13(21-9)6-7-20-15(14)22)10-4-2-3-5-12(10)16(17,18)19/h2-8,11,21H,1H3,(H,20,22). The van der Waals surface area contributed by atoms with Crippen LogP contribution in [0.4, 0.5) is 18.9 Å². The number of aromatic nitrogens is 1. The number of alkyl halides is 3. The largest absolute Gasteiger partial charge is 0.416 e. The molecule has 1 aliphatic rings. The Bertz CT molecular complexity index is 806. The smallest absolute Gasteiger partial charge is 0.359 e. The van der Waals surface area contributed by atoms with Crippen molar-refractivity contribution in [3.05, 3.63) is 75.3 Å². The van der Waals surface area contributed by atoms with Crippen LogP contribution in [-0.2, 0) is 6.18 Å². The summed E-state index contributed by atoms with van der Waals surface area (Å²) in [6.45, 7) is 1.76. The number of fused-ring (bicyclic) bond motifs is 1. The first kappa shape index (κ1) is 14.4. The molecule has 0 saturated heterocycles. The topological polar surface area (TPSA) is 44.9 Å². The van der Waals surface area contributed by atoms with Crippen LogP contribution in [0.15, 0.2) is 53.1 Å². The van der Waals surface area contributed by atoms with Gasteiger partial charge < -0.3 is 10.3 Å². The van der Waals surface area contributed by atoms with Gasteiger partial charge in [-0.3, -0.25) is 4.79 Å². The van der Waals surface area contributed by atoms with Crippen LogP contribution < -0.4 is 10.9 Å². The van der Waals surface area contributed by atoms with E-state index in [4.69, 9.17) is 0 Å². The van der Waals surface area contributed by atoms with Crippen molar-refractivity contribution in [2.75, 3.05) is 5.32 Å². The van der Waals surface area contributed by atoms with Gasteiger partial charge in [0.25, 0.3) is 5.56 Å². The molecule has 1 aliphatic heterocycles. The highest BCUT2D eigenvalue weighted by Gasteiger charge is 2.36. The number of H-pyrrole nitrogens is 1. The Balaban J connectivity index is 2.26. The Morgan fingerprint density at radius 1 is 1.14 bits per heavy atom. The molecule has 2 aromatic rings. The third-order valence-corrected chi connectivity index (χ3v) is 3.66. The molecule has 1 aromatic carbocycles. The number of rotatable bonds is 1. The van der Waals surface area contributed by atoms with E-state index >= 15 is 0 Å². The lowest BCUT2D eigenvalue weighted by atomic mass is 9.85. The zero-order chi connectivity index (χ0) is 15.9. The van der Waals surface area contributed by atoms with Crippen LogP contribution in [0, 0.1) is 0 Å². The number of aromatic amines is 1. The number of nitrogens with one attached hydrogen (secondary N) is 2. The lowest BCUT2D eigenvalue weighted by Crippen LogP contribution is -2.24. The zero-order valence-corrected chi connectivity index (χ0v) is 11.7. The van der Waals surface area contributed by atoms with Crippen LogP contribution >= 0.6 is 0 Å². The van der Waals surface area contributed by atoms with E-state index in [-0.39, 0.29) is 5.56 Å². The molecule has 3 rings (SSSR count). The van der Waals surface area contributed by atoms with Gasteiger partial charge in [0.2, 0.25) is 0 Å². The second-order valence-corrected chi connectivity index (χ2v) is 5.17. The summed E-state index contributed by atoms with van der Waals surface area (Å²) < 4.78 is 39.8. The molecule has 0 fully saturated rings. The molecular formula is C16H13F3N2O. The molecule has 2 heterocycles. The number of hydrogen-bond acceptors (Lipinski definition) is 2. The first-order valence-corrected chi connectivity index (χ1v) is 6.71. The molecule has 0 amide bonds. The molecule has 114 valence electrons. The van der Waals surface area contributed by atoms with Crippen LogP contribution in [0.2, 0.25) is 0 Å². The molecule has 0 radical (unpaired) electrons. The highest BCUT2D eigenvalue weighted by Crippen LogP contribution is 2.40. The fraction of sp³-hybridized carbons (Fsp3) is 0.188. The lowest BCUT2D eigenvalue weighted by Gasteiger charge is -2.26. The summed E-state index contributed by atoms with van der Waals surface area (Å²) in [5.74, 6) is -0.737. The second-order valence-electron chi connectivity index (χ2n) is 5.17. The molecule has 0 aliphatic carbocycles. The third-order valence-electron chi connectivity index (χ3n) is 3.66. The predicted molar refractivity (Wildman–Crippen MR) is 77.7 cm³/mol. The Morgan fingerprint density at radius 2 is 1.86 bits per heavy atom. The van der Waals surface area contributed by atoms with E-state index in [1.165, 1.54) is 18.3 Å². The Kier molecular flexibility index (Phi) is 3.31. The zero-order valence-electron chi connectivity index (χ0n) is 11.7. The molecule has 22 heavy (non-hydrogen) atoms. The predicted octanol–water partition coefficient (Wildman–Crippen LogP) is 3.85. The number of anilines is 1. The SMILES string of the molecule is CC1=CC(c2ccccc2C(F)(F)F)c2c(cc[nH]c2=O)N1. The second kappa shape index (κ2) is 5.05. The number of halogens is 3. The maximum Gasteiger partial charge on any atom is 0.416 e. The minimum atomic E-state index is -4.47. The van der Waals surface area contributed by atoms with Crippen molar-refractivity contribution >= 4 is 5.69 Å². The quantitative estimate of drug-likeness (QED) is 0.840. The molecule has 0 spiro atoms. The summed E-state index contributed by atoms with van der Waals surface area (Å²) in [6, 6.07) is 7.00. The third kappa shape index (κ3) is 2.41. The summed E-state index contributed by atoms with van der Waals surface area (Å²) in [7, 11) is 0. The number of pyridine rings is 1. The first-order chi connectivity index (χ1) is 10.4. The minimum absolute atomic E-state index is 0.0776. The van der Waals surface area contributed by atoms with E-state index in [9.17, 15) is 18.0 Å². The van der Waals surface area contributed by atoms with E-state index in [2.05, 4.69) is 10.3 Å². The average Bonchev–Trinajstić information content (AvgIpc) is 2.45. The van der Waals surface area contributed by atoms with Crippen LogP contribution in [0.25, 0.3) is 0 Å². The van der Waals surface area contributed by atoms with Gasteiger partial charge in [0.1, 0.15) is 0 Å². The van der Waals surface area contributed by atoms with E-state index in [1.54, 1.807) is 25.1 Å². The highest BCUT2D eigenvalue weighted by molar-refractivity contribution is 5.62. The fourth-order valence-corrected chi connectivity index (χ4v) is 2.77. The van der Waals surface area contributed by atoms with Crippen molar-refractivity contribution in [2.45, 2.75) is 19.0 Å². The molecular weight excluding hydrogens is 293 g/mol. The van der Waals surface area contributed by atoms with Crippen molar-refractivity contribution in [1.82, 2.24) is 4.98 Å². The molecule has 0 saturated carbocycles. The van der Waals surface area contributed by atoms with Gasteiger partial charge in [0, 0.05) is 23.5 Å². The lowest BCUT2D eigenvalue weighted by molar-refractivity contribution is -0.138. The summed E-state index contributed by atoms with van der Waals surface area (Å²) in [5, 5.41) is 3.02. The molecule has 1 aromatic heterocycles. The van der Waals surface area contributed by atoms with Crippen molar-refractivity contribution < 1.29 is 13.2 Å². The summed E-state index contributed by atoms with van der Waals surface area (Å²) in [6.07, 6.45) is -1.35. The molecule has 2 N–H and O–H groups in total. The Hall–Kier alpha value is -2.50. The van der Waals surface area contributed by atoms with E-state index in [0.717, 1.165) is 6.07 Å². The van der Waals surface area contributed by atoms with Crippen LogP contribution in [0.3, 0.4) is 0 Å². The van der Waals surface area contributed by atoms with E-state index < -0.39 is 23.2 Å². The Morgan fingerprint density at radius 3 is 2.59 bits per heavy atom. The monoisotopic (exact) mass is 306 g/mol. The van der Waals surface area contributed by atoms with E-state index in [0.29, 0.717) is 16.9 Å². The van der Waals surface area contributed by atoms with Crippen LogP contribution in [0.1, 0.15) is 29.5 Å². The van der Waals surface area contributed by atoms with Gasteiger partial charge in [-0.15, -0.1) is 0 Å². The summed E-state index contributed by atoms with van der Waals surface area (Å²) in [4.78, 5) is 14.6. The normalized spacial score (nSPS) is 17.5. The fourth-order valence-electron chi connectivity index (χ4n) is 2.77. The van der Waals surface area contributed by atoms with Gasteiger partial charge in [-0.05, 0) is 24.6 Å². The van der Waals surface area contributed by atoms with Gasteiger partial charge in [0.15, 0.2) is 0 Å². The van der Waals surface area contributed by atoms with Crippen molar-refractivity contribution in [1.29, 1.82) is 0 Å². The maximum atomic E-state index is 13.3. The first-order valence-electron chi connectivity index (χ1n) is 6.71. The highest BCUT2D eigenvalue weighted by atomic mass is 19.4. The number of hydrogen-bond donors (Lipinski definition) is 2. The maximum absolute atomic E-state index is 13.3. The van der Waals surface area contributed by atoms with Gasteiger partial charge in [-0.1, -0.05) is 24.3 Å². The molecule has 1 atom stereocenters. The summed E-state index contributed by atoms with van der Waals surface area (Å²) >= 11 is 0. The minimum Gasteiger partial charge on any atom is -0.359 e. The van der Waals surface area contributed by atoms with Gasteiger partial charge >= 0.3 is 6.18 Å². The molecule has 6 heteroatoms. The Labute approximate surface area is 124 Å². The van der Waals surface area contributed by atoms with Crippen LogP contribution in [0.5, 0.6) is 0 Å². The number of allylic oxidation sites excluding steroid dienone is 2. The van der Waals surface area contributed by atoms with Crippen molar-refractivity contribution in [2.24, 2.45) is 0 Å². The van der Waals surface area contributed by atoms with Gasteiger partial charge in [-0.2, -0.15) is 13.2 Å². The van der Waals surface area contributed by atoms with Gasteiger partial charge in [0.05, 0.1) is 11.1 Å². The molecule has 0 bridgehead atoms. The molecule has 1 unspecified atom stereocenters. The average molecular weight is 306 g/mol. The van der Waals surface area contributed by atoms with Crippen LogP contribution in [-0.4, -0.2) is 4.98 Å². The van der Waals surface area contributed by atoms with Crippen molar-refractivity contribution in [3.63, 3.8) is 0 Å². The number of benzene rings is 1. The van der Waals surface area contributed by atoms with E-state index in [1.807, 2.05) is 0 Å². The summed E-state index contributed by atoms with van der Waals surface area (Å²) in [5.41, 5.74) is 0.500. The van der Waals surface area contributed by atoms with Crippen molar-refractivity contribution in [3.8, 4) is 0 Å². The van der Waals surface area contributed by atoms with Gasteiger partial charge in [-0.25, -0.2) is 0 Å².